The smallest absolute Gasteiger partial charge is 0.347 e. The lowest BCUT2D eigenvalue weighted by Crippen LogP contribution is -2.39. The zero-order valence-electron chi connectivity index (χ0n) is 14.8. The van der Waals surface area contributed by atoms with Crippen molar-refractivity contribution in [1.29, 1.82) is 0 Å². The Labute approximate surface area is 167 Å². The van der Waals surface area contributed by atoms with Crippen LogP contribution in [0.3, 0.4) is 0 Å². The van der Waals surface area contributed by atoms with Gasteiger partial charge in [-0.05, 0) is 42.7 Å². The summed E-state index contributed by atoms with van der Waals surface area (Å²) < 4.78 is 10.6. The number of fused-ring (bicyclic) bond motifs is 1. The summed E-state index contributed by atoms with van der Waals surface area (Å²) in [5.41, 5.74) is 2.37. The van der Waals surface area contributed by atoms with Crippen LogP contribution in [0.25, 0.3) is 0 Å². The number of rotatable bonds is 5. The van der Waals surface area contributed by atoms with Crippen LogP contribution in [0.4, 0.5) is 0 Å². The quantitative estimate of drug-likeness (QED) is 0.705. The van der Waals surface area contributed by atoms with E-state index in [1.165, 1.54) is 18.6 Å². The van der Waals surface area contributed by atoms with Gasteiger partial charge in [0.05, 0.1) is 5.02 Å². The van der Waals surface area contributed by atoms with Crippen molar-refractivity contribution in [1.82, 2.24) is 4.90 Å². The van der Waals surface area contributed by atoms with Gasteiger partial charge < -0.3 is 14.4 Å². The fourth-order valence-electron chi connectivity index (χ4n) is 2.86. The summed E-state index contributed by atoms with van der Waals surface area (Å²) >= 11 is 11.9. The number of carbonyl (C=O) groups is 2. The number of hydrogen-bond donors (Lipinski definition) is 0. The summed E-state index contributed by atoms with van der Waals surface area (Å²) in [6.45, 7) is 2.36. The van der Waals surface area contributed by atoms with E-state index < -0.39 is 12.1 Å². The highest BCUT2D eigenvalue weighted by Crippen LogP contribution is 2.28. The van der Waals surface area contributed by atoms with Gasteiger partial charge in [-0.15, -0.1) is 0 Å². The first kappa shape index (κ1) is 19.5. The highest BCUT2D eigenvalue weighted by atomic mass is 35.5. The van der Waals surface area contributed by atoms with E-state index in [9.17, 15) is 9.59 Å². The minimum absolute atomic E-state index is 0.227. The fourth-order valence-corrected chi connectivity index (χ4v) is 3.31. The number of benzene rings is 2. The molecule has 0 aromatic heterocycles. The van der Waals surface area contributed by atoms with E-state index in [1.807, 2.05) is 18.2 Å². The number of ether oxygens (including phenoxy) is 2. The van der Waals surface area contributed by atoms with Crippen LogP contribution in [-0.2, 0) is 27.3 Å². The van der Waals surface area contributed by atoms with Crippen molar-refractivity contribution in [3.63, 3.8) is 0 Å². The van der Waals surface area contributed by atoms with Crippen LogP contribution in [0.2, 0.25) is 10.0 Å². The third-order valence-corrected chi connectivity index (χ3v) is 4.88. The van der Waals surface area contributed by atoms with Crippen molar-refractivity contribution in [3.8, 4) is 5.75 Å². The van der Waals surface area contributed by atoms with Crippen LogP contribution >= 0.6 is 23.2 Å². The standard InChI is InChI=1S/C20H19Cl2NO4/c1-13(27-18-7-6-16(21)10-17(18)22)20(25)26-12-19(24)23-9-8-14-4-2-3-5-15(14)11-23/h2-7,10,13H,8-9,11-12H2,1H3/t13-/m0/s1. The summed E-state index contributed by atoms with van der Waals surface area (Å²) in [5, 5.41) is 0.765. The predicted octanol–water partition coefficient (Wildman–Crippen LogP) is 3.89. The van der Waals surface area contributed by atoms with Gasteiger partial charge in [0.2, 0.25) is 0 Å². The molecule has 0 unspecified atom stereocenters. The molecule has 7 heteroatoms. The molecule has 0 saturated carbocycles. The molecule has 0 spiro atoms. The Bertz CT molecular complexity index is 856. The number of esters is 1. The van der Waals surface area contributed by atoms with Crippen molar-refractivity contribution < 1.29 is 19.1 Å². The fraction of sp³-hybridized carbons (Fsp3) is 0.300. The molecule has 1 aliphatic rings. The molecule has 1 amide bonds. The SMILES string of the molecule is C[C@H](Oc1ccc(Cl)cc1Cl)C(=O)OCC(=O)N1CCc2ccccc2C1. The van der Waals surface area contributed by atoms with Gasteiger partial charge >= 0.3 is 5.97 Å². The van der Waals surface area contributed by atoms with Gasteiger partial charge in [0.15, 0.2) is 12.7 Å². The van der Waals surface area contributed by atoms with E-state index >= 15 is 0 Å². The van der Waals surface area contributed by atoms with Crippen molar-refractivity contribution in [2.75, 3.05) is 13.2 Å². The van der Waals surface area contributed by atoms with Crippen molar-refractivity contribution in [2.24, 2.45) is 0 Å². The highest BCUT2D eigenvalue weighted by molar-refractivity contribution is 6.35. The molecule has 3 rings (SSSR count). The molecule has 5 nitrogen and oxygen atoms in total. The summed E-state index contributed by atoms with van der Waals surface area (Å²) in [5.74, 6) is -0.536. The number of nitrogens with zero attached hydrogens (tertiary/aromatic N) is 1. The Balaban J connectivity index is 1.50. The van der Waals surface area contributed by atoms with Gasteiger partial charge in [0.1, 0.15) is 5.75 Å². The Morgan fingerprint density at radius 3 is 2.63 bits per heavy atom. The highest BCUT2D eigenvalue weighted by Gasteiger charge is 2.23. The third kappa shape index (κ3) is 4.93. The van der Waals surface area contributed by atoms with E-state index in [1.54, 1.807) is 17.0 Å². The van der Waals surface area contributed by atoms with E-state index in [4.69, 9.17) is 32.7 Å². The van der Waals surface area contributed by atoms with Crippen LogP contribution < -0.4 is 4.74 Å². The normalized spacial score (nSPS) is 14.3. The molecule has 0 bridgehead atoms. The summed E-state index contributed by atoms with van der Waals surface area (Å²) in [4.78, 5) is 26.2. The van der Waals surface area contributed by atoms with Crippen molar-refractivity contribution >= 4 is 35.1 Å². The number of carbonyl (C=O) groups excluding carboxylic acids is 2. The zero-order valence-corrected chi connectivity index (χ0v) is 16.3. The lowest BCUT2D eigenvalue weighted by molar-refractivity contribution is -0.157. The van der Waals surface area contributed by atoms with Crippen molar-refractivity contribution in [3.05, 3.63) is 63.6 Å². The van der Waals surface area contributed by atoms with E-state index in [-0.39, 0.29) is 12.5 Å². The topological polar surface area (TPSA) is 55.8 Å². The van der Waals surface area contributed by atoms with Crippen LogP contribution in [0.1, 0.15) is 18.1 Å². The molecule has 0 saturated heterocycles. The van der Waals surface area contributed by atoms with E-state index in [0.717, 1.165) is 12.0 Å². The van der Waals surface area contributed by atoms with Crippen molar-refractivity contribution in [2.45, 2.75) is 26.0 Å². The van der Waals surface area contributed by atoms with E-state index in [2.05, 4.69) is 6.07 Å². The summed E-state index contributed by atoms with van der Waals surface area (Å²) in [7, 11) is 0. The molecular weight excluding hydrogens is 389 g/mol. The monoisotopic (exact) mass is 407 g/mol. The Morgan fingerprint density at radius 1 is 1.15 bits per heavy atom. The van der Waals surface area contributed by atoms with E-state index in [0.29, 0.717) is 28.9 Å². The van der Waals surface area contributed by atoms with Crippen LogP contribution in [0, 0.1) is 0 Å². The molecule has 142 valence electrons. The molecule has 0 N–H and O–H groups in total. The second kappa shape index (κ2) is 8.63. The minimum atomic E-state index is -0.904. The molecule has 1 aliphatic heterocycles. The minimum Gasteiger partial charge on any atom is -0.477 e. The summed E-state index contributed by atoms with van der Waals surface area (Å²) in [6.07, 6.45) is -0.108. The Morgan fingerprint density at radius 2 is 1.89 bits per heavy atom. The van der Waals surface area contributed by atoms with Gasteiger partial charge in [0, 0.05) is 18.1 Å². The first-order valence-electron chi connectivity index (χ1n) is 8.57. The molecule has 27 heavy (non-hydrogen) atoms. The Hall–Kier alpha value is -2.24. The maximum Gasteiger partial charge on any atom is 0.347 e. The number of hydrogen-bond acceptors (Lipinski definition) is 4. The molecule has 0 radical (unpaired) electrons. The molecule has 2 aromatic carbocycles. The van der Waals surface area contributed by atoms with Gasteiger partial charge in [0.25, 0.3) is 5.91 Å². The molecule has 0 fully saturated rings. The van der Waals surface area contributed by atoms with Crippen LogP contribution in [0.5, 0.6) is 5.75 Å². The van der Waals surface area contributed by atoms with Gasteiger partial charge in [-0.1, -0.05) is 47.5 Å². The average Bonchev–Trinajstić information content (AvgIpc) is 2.67. The molecule has 1 heterocycles. The molecule has 1 atom stereocenters. The number of amides is 1. The second-order valence-electron chi connectivity index (χ2n) is 6.28. The lowest BCUT2D eigenvalue weighted by atomic mass is 10.00. The van der Waals surface area contributed by atoms with Gasteiger partial charge in [-0.3, -0.25) is 4.79 Å². The van der Waals surface area contributed by atoms with Crippen LogP contribution in [0.15, 0.2) is 42.5 Å². The first-order valence-corrected chi connectivity index (χ1v) is 9.32. The lowest BCUT2D eigenvalue weighted by Gasteiger charge is -2.28. The number of halogens is 2. The maximum absolute atomic E-state index is 12.4. The second-order valence-corrected chi connectivity index (χ2v) is 7.12. The first-order chi connectivity index (χ1) is 12.9. The molecule has 0 aliphatic carbocycles. The van der Waals surface area contributed by atoms with Gasteiger partial charge in [-0.25, -0.2) is 4.79 Å². The zero-order chi connectivity index (χ0) is 19.4. The van der Waals surface area contributed by atoms with Gasteiger partial charge in [-0.2, -0.15) is 0 Å². The Kier molecular flexibility index (Phi) is 6.24. The third-order valence-electron chi connectivity index (χ3n) is 4.35. The summed E-state index contributed by atoms with van der Waals surface area (Å²) in [6, 6.07) is 12.7. The largest absolute Gasteiger partial charge is 0.477 e. The molecular formula is C20H19Cl2NO4. The molecule has 2 aromatic rings. The maximum atomic E-state index is 12.4. The average molecular weight is 408 g/mol. The predicted molar refractivity (Wildman–Crippen MR) is 103 cm³/mol. The van der Waals surface area contributed by atoms with Crippen LogP contribution in [-0.4, -0.2) is 36.0 Å².